The Bertz CT molecular complexity index is 886. The topological polar surface area (TPSA) is 108 Å². The van der Waals surface area contributed by atoms with E-state index in [2.05, 4.69) is 21.6 Å². The lowest BCUT2D eigenvalue weighted by Gasteiger charge is -2.18. The molecule has 1 saturated heterocycles. The second-order valence-corrected chi connectivity index (χ2v) is 7.09. The number of anilines is 1. The van der Waals surface area contributed by atoms with Crippen LogP contribution < -0.4 is 15.1 Å². The van der Waals surface area contributed by atoms with Gasteiger partial charge in [0.05, 0.1) is 42.4 Å². The van der Waals surface area contributed by atoms with Gasteiger partial charge in [-0.05, 0) is 31.9 Å². The molecule has 1 aliphatic rings. The van der Waals surface area contributed by atoms with Crippen molar-refractivity contribution >= 4 is 23.6 Å². The maximum Gasteiger partial charge on any atom is 0.305 e. The van der Waals surface area contributed by atoms with Crippen LogP contribution in [-0.2, 0) is 9.53 Å². The number of aryl methyl sites for hydroxylation is 1. The third-order valence-electron chi connectivity index (χ3n) is 4.41. The van der Waals surface area contributed by atoms with Crippen LogP contribution in [0.15, 0.2) is 15.7 Å². The molecule has 1 amide bonds. The number of rotatable bonds is 5. The zero-order valence-corrected chi connectivity index (χ0v) is 16.3. The van der Waals surface area contributed by atoms with E-state index in [1.165, 1.54) is 11.8 Å². The van der Waals surface area contributed by atoms with Crippen LogP contribution in [-0.4, -0.2) is 48.2 Å². The Balaban J connectivity index is 1.61. The number of carbonyl (C=O) groups is 1. The molecule has 142 valence electrons. The third-order valence-corrected chi connectivity index (χ3v) is 5.39. The van der Waals surface area contributed by atoms with E-state index in [0.29, 0.717) is 36.9 Å². The number of ether oxygens (including phenoxy) is 1. The monoisotopic (exact) mass is 389 g/mol. The molecule has 0 unspecified atom stereocenters. The molecule has 1 N–H and O–H groups in total. The molecule has 10 heteroatoms. The van der Waals surface area contributed by atoms with Crippen LogP contribution in [0.25, 0.3) is 0 Å². The molecule has 1 fully saturated rings. The average molecular weight is 389 g/mol. The molecule has 0 atom stereocenters. The van der Waals surface area contributed by atoms with E-state index in [4.69, 9.17) is 9.26 Å². The number of hydrogen-bond acceptors (Lipinski definition) is 8. The number of amides is 1. The van der Waals surface area contributed by atoms with Gasteiger partial charge in [0.2, 0.25) is 11.2 Å². The molecule has 0 aromatic carbocycles. The van der Waals surface area contributed by atoms with E-state index in [9.17, 15) is 10.1 Å². The molecule has 0 aliphatic carbocycles. The lowest BCUT2D eigenvalue weighted by molar-refractivity contribution is -0.759. The largest absolute Gasteiger partial charge is 0.377 e. The minimum absolute atomic E-state index is 0.113. The summed E-state index contributed by atoms with van der Waals surface area (Å²) in [6.07, 6.45) is 1.62. The first-order valence-electron chi connectivity index (χ1n) is 8.51. The summed E-state index contributed by atoms with van der Waals surface area (Å²) in [4.78, 5) is 18.2. The van der Waals surface area contributed by atoms with E-state index in [0.717, 1.165) is 16.8 Å². The Morgan fingerprint density at radius 2 is 2.11 bits per heavy atom. The fourth-order valence-corrected chi connectivity index (χ4v) is 3.52. The predicted molar refractivity (Wildman–Crippen MR) is 98.0 cm³/mol. The number of nitrogens with one attached hydrogen (secondary N) is 1. The third kappa shape index (κ3) is 4.37. The van der Waals surface area contributed by atoms with Gasteiger partial charge >= 0.3 is 5.88 Å². The Morgan fingerprint density at radius 3 is 2.81 bits per heavy atom. The molecule has 1 aliphatic heterocycles. The van der Waals surface area contributed by atoms with Gasteiger partial charge in [0.15, 0.2) is 0 Å². The summed E-state index contributed by atoms with van der Waals surface area (Å²) in [6.45, 7) is 8.39. The van der Waals surface area contributed by atoms with Crippen molar-refractivity contribution < 1.29 is 18.8 Å². The van der Waals surface area contributed by atoms with Crippen molar-refractivity contribution in [3.63, 3.8) is 0 Å². The van der Waals surface area contributed by atoms with Crippen LogP contribution in [0.5, 0.6) is 0 Å². The number of morpholine rings is 1. The van der Waals surface area contributed by atoms with Gasteiger partial charge in [-0.15, -0.1) is 5.01 Å². The van der Waals surface area contributed by atoms with Gasteiger partial charge in [-0.3, -0.25) is 14.6 Å². The van der Waals surface area contributed by atoms with E-state index >= 15 is 0 Å². The summed E-state index contributed by atoms with van der Waals surface area (Å²) < 4.78 is 10.5. The van der Waals surface area contributed by atoms with Crippen LogP contribution in [0.4, 0.5) is 5.88 Å². The Hall–Kier alpha value is -2.64. The standard InChI is InChI=1S/C17H20N6O3S/c1-11-12(2)14(8-18)17(19-13(11)3)27-10-15(24)20-16-9-23(21-26-16)22-4-6-25-7-5-22/h9H,4-7,10H2,1-3H3/p+1. The van der Waals surface area contributed by atoms with Crippen LogP contribution in [0.3, 0.4) is 0 Å². The van der Waals surface area contributed by atoms with Gasteiger partial charge in [-0.25, -0.2) is 4.98 Å². The van der Waals surface area contributed by atoms with Crippen LogP contribution in [0, 0.1) is 32.1 Å². The average Bonchev–Trinajstić information content (AvgIpc) is 3.13. The van der Waals surface area contributed by atoms with Crippen molar-refractivity contribution in [2.24, 2.45) is 0 Å². The first kappa shape index (κ1) is 19.1. The fourth-order valence-electron chi connectivity index (χ4n) is 2.64. The highest BCUT2D eigenvalue weighted by Gasteiger charge is 2.24. The highest BCUT2D eigenvalue weighted by molar-refractivity contribution is 8.00. The molecule has 3 heterocycles. The minimum Gasteiger partial charge on any atom is -0.377 e. The lowest BCUT2D eigenvalue weighted by Crippen LogP contribution is -2.62. The second kappa shape index (κ2) is 8.37. The van der Waals surface area contributed by atoms with Crippen molar-refractivity contribution in [3.05, 3.63) is 28.6 Å². The minimum atomic E-state index is -0.258. The van der Waals surface area contributed by atoms with E-state index in [1.807, 2.05) is 25.8 Å². The lowest BCUT2D eigenvalue weighted by atomic mass is 10.1. The van der Waals surface area contributed by atoms with Crippen molar-refractivity contribution in [1.82, 2.24) is 10.3 Å². The van der Waals surface area contributed by atoms with Crippen molar-refractivity contribution in [3.8, 4) is 6.07 Å². The molecular formula is C17H21N6O3S+. The highest BCUT2D eigenvalue weighted by atomic mass is 32.2. The van der Waals surface area contributed by atoms with Crippen LogP contribution in [0.1, 0.15) is 22.4 Å². The number of nitriles is 1. The van der Waals surface area contributed by atoms with Gasteiger partial charge < -0.3 is 4.74 Å². The van der Waals surface area contributed by atoms with Gasteiger partial charge in [0.25, 0.3) is 6.20 Å². The predicted octanol–water partition coefficient (Wildman–Crippen LogP) is 0.853. The van der Waals surface area contributed by atoms with Gasteiger partial charge in [0, 0.05) is 5.69 Å². The molecular weight excluding hydrogens is 368 g/mol. The highest BCUT2D eigenvalue weighted by Crippen LogP contribution is 2.26. The molecule has 0 bridgehead atoms. The number of hydrogen-bond donors (Lipinski definition) is 1. The van der Waals surface area contributed by atoms with Gasteiger partial charge in [-0.1, -0.05) is 11.8 Å². The maximum absolute atomic E-state index is 12.2. The molecule has 2 aromatic rings. The SMILES string of the molecule is Cc1nc(SCC(=O)Nc2c[n+](N3CCOCC3)no2)c(C#N)c(C)c1C. The first-order valence-corrected chi connectivity index (χ1v) is 9.50. The fraction of sp³-hybridized carbons (Fsp3) is 0.471. The van der Waals surface area contributed by atoms with Crippen molar-refractivity contribution in [1.29, 1.82) is 5.26 Å². The number of thioether (sulfide) groups is 1. The molecule has 3 rings (SSSR count). The number of nitrogens with zero attached hydrogens (tertiary/aromatic N) is 5. The molecule has 0 radical (unpaired) electrons. The normalized spacial score (nSPS) is 14.1. The number of aromatic nitrogens is 3. The maximum atomic E-state index is 12.2. The van der Waals surface area contributed by atoms with Crippen molar-refractivity contribution in [2.45, 2.75) is 25.8 Å². The first-order chi connectivity index (χ1) is 13.0. The Labute approximate surface area is 161 Å². The summed E-state index contributed by atoms with van der Waals surface area (Å²) in [6, 6.07) is 2.18. The molecule has 0 spiro atoms. The van der Waals surface area contributed by atoms with Crippen molar-refractivity contribution in [2.75, 3.05) is 42.4 Å². The van der Waals surface area contributed by atoms with E-state index in [-0.39, 0.29) is 17.5 Å². The van der Waals surface area contributed by atoms with Crippen LogP contribution in [0.2, 0.25) is 0 Å². The number of carbonyl (C=O) groups excluding carboxylic acids is 1. The Morgan fingerprint density at radius 1 is 1.37 bits per heavy atom. The van der Waals surface area contributed by atoms with Crippen LogP contribution >= 0.6 is 11.8 Å². The van der Waals surface area contributed by atoms with E-state index < -0.39 is 0 Å². The summed E-state index contributed by atoms with van der Waals surface area (Å²) in [5.41, 5.74) is 3.27. The summed E-state index contributed by atoms with van der Waals surface area (Å²) in [5, 5.41) is 18.5. The molecule has 2 aromatic heterocycles. The summed E-state index contributed by atoms with van der Waals surface area (Å²) in [7, 11) is 0. The molecule has 27 heavy (non-hydrogen) atoms. The van der Waals surface area contributed by atoms with Gasteiger partial charge in [-0.2, -0.15) is 5.26 Å². The molecule has 9 nitrogen and oxygen atoms in total. The van der Waals surface area contributed by atoms with E-state index in [1.54, 1.807) is 11.0 Å². The second-order valence-electron chi connectivity index (χ2n) is 6.13. The van der Waals surface area contributed by atoms with Gasteiger partial charge in [0.1, 0.15) is 11.1 Å². The smallest absolute Gasteiger partial charge is 0.305 e. The molecule has 0 saturated carbocycles. The number of pyridine rings is 1. The summed E-state index contributed by atoms with van der Waals surface area (Å²) >= 11 is 1.23. The zero-order valence-electron chi connectivity index (χ0n) is 15.5. The zero-order chi connectivity index (χ0) is 19.4. The quantitative estimate of drug-likeness (QED) is 0.592. The Kier molecular flexibility index (Phi) is 5.93. The summed E-state index contributed by atoms with van der Waals surface area (Å²) in [5.74, 6) is 0.116.